The largest absolute Gasteiger partial charge is 0.445 e. The van der Waals surface area contributed by atoms with Crippen LogP contribution in [0.4, 0.5) is 4.79 Å². The van der Waals surface area contributed by atoms with Crippen molar-refractivity contribution in [2.45, 2.75) is 64.3 Å². The molecule has 0 saturated carbocycles. The van der Waals surface area contributed by atoms with Crippen LogP contribution < -0.4 is 27.0 Å². The Morgan fingerprint density at radius 1 is 0.911 bits per heavy atom. The van der Waals surface area contributed by atoms with Crippen molar-refractivity contribution in [3.63, 3.8) is 0 Å². The Labute approximate surface area is 264 Å². The number of primary amides is 1. The predicted octanol–water partition coefficient (Wildman–Crippen LogP) is 2.66. The van der Waals surface area contributed by atoms with Crippen LogP contribution in [0.5, 0.6) is 0 Å². The van der Waals surface area contributed by atoms with Gasteiger partial charge >= 0.3 is 6.09 Å². The summed E-state index contributed by atoms with van der Waals surface area (Å²) in [6.07, 6.45) is 6.27. The molecule has 1 heterocycles. The van der Waals surface area contributed by atoms with Crippen LogP contribution >= 0.6 is 0 Å². The lowest BCUT2D eigenvalue weighted by Crippen LogP contribution is -2.55. The quantitative estimate of drug-likeness (QED) is 0.170. The number of benzene rings is 2. The molecule has 1 unspecified atom stereocenters. The van der Waals surface area contributed by atoms with Crippen molar-refractivity contribution < 1.29 is 28.7 Å². The third-order valence-corrected chi connectivity index (χ3v) is 7.12. The van der Waals surface area contributed by atoms with E-state index < -0.39 is 41.9 Å². The van der Waals surface area contributed by atoms with E-state index in [-0.39, 0.29) is 43.5 Å². The second-order valence-electron chi connectivity index (χ2n) is 11.4. The van der Waals surface area contributed by atoms with Crippen molar-refractivity contribution in [2.75, 3.05) is 6.54 Å². The molecular weight excluding hydrogens is 574 g/mol. The van der Waals surface area contributed by atoms with Crippen molar-refractivity contribution in [3.05, 3.63) is 96.2 Å². The number of amides is 4. The maximum atomic E-state index is 13.7. The number of carbonyl (C=O) groups excluding carboxylic acids is 5. The average Bonchev–Trinajstić information content (AvgIpc) is 3.56. The molecule has 0 aromatic heterocycles. The molecule has 0 spiro atoms. The molecule has 2 aromatic rings. The van der Waals surface area contributed by atoms with Gasteiger partial charge in [0.25, 0.3) is 0 Å². The molecule has 4 amide bonds. The molecule has 6 N–H and O–H groups in total. The first-order chi connectivity index (χ1) is 21.6. The highest BCUT2D eigenvalue weighted by atomic mass is 16.5. The Bertz CT molecular complexity index is 1350. The highest BCUT2D eigenvalue weighted by molar-refractivity contribution is 5.94. The number of allylic oxidation sites excluding steroid dienone is 1. The Hall–Kier alpha value is -4.93. The summed E-state index contributed by atoms with van der Waals surface area (Å²) in [5, 5.41) is 11.3. The summed E-state index contributed by atoms with van der Waals surface area (Å²) in [5.74, 6) is -2.03. The first-order valence-corrected chi connectivity index (χ1v) is 15.1. The zero-order chi connectivity index (χ0) is 32.6. The van der Waals surface area contributed by atoms with Gasteiger partial charge in [0.05, 0.1) is 5.92 Å². The van der Waals surface area contributed by atoms with Gasteiger partial charge in [-0.25, -0.2) is 4.79 Å². The number of hydrogen-bond donors (Lipinski definition) is 5. The van der Waals surface area contributed by atoms with Crippen LogP contribution in [0, 0.1) is 11.8 Å². The third kappa shape index (κ3) is 12.7. The van der Waals surface area contributed by atoms with Crippen LogP contribution in [0.2, 0.25) is 0 Å². The molecule has 0 aliphatic carbocycles. The number of nitrogens with two attached hydrogens (primary N) is 1. The molecule has 45 heavy (non-hydrogen) atoms. The van der Waals surface area contributed by atoms with E-state index in [9.17, 15) is 24.0 Å². The molecule has 1 aliphatic heterocycles. The standard InChI is InChI=1S/C34H43N5O6/c1-23(2)19-28(39-34(44)45-22-25-11-7-4-8-12-25)33(43)38-29(20-24-9-5-3-6-10-24)32(42)37-27(14-16-31(35)41)13-15-30(40)26-17-18-36-21-26/h3-13,15,17-18,23,26-29,36H,14,16,19-22H2,1-2H3,(H2,35,41)(H,37,42)(H,38,43)(H,39,44)/b15-13+/t26?,27-,28+,29+/m1/s1. The van der Waals surface area contributed by atoms with E-state index in [2.05, 4.69) is 21.3 Å². The molecule has 0 radical (unpaired) electrons. The van der Waals surface area contributed by atoms with Gasteiger partial charge in [-0.2, -0.15) is 0 Å². The van der Waals surface area contributed by atoms with Crippen LogP contribution in [-0.4, -0.2) is 54.3 Å². The first-order valence-electron chi connectivity index (χ1n) is 15.1. The minimum Gasteiger partial charge on any atom is -0.445 e. The van der Waals surface area contributed by atoms with Crippen molar-refractivity contribution >= 4 is 29.6 Å². The number of ether oxygens (including phenoxy) is 1. The predicted molar refractivity (Wildman–Crippen MR) is 170 cm³/mol. The molecule has 0 fully saturated rings. The van der Waals surface area contributed by atoms with Crippen molar-refractivity contribution in [2.24, 2.45) is 17.6 Å². The van der Waals surface area contributed by atoms with Gasteiger partial charge in [-0.05, 0) is 42.2 Å². The summed E-state index contributed by atoms with van der Waals surface area (Å²) < 4.78 is 5.33. The maximum Gasteiger partial charge on any atom is 0.408 e. The lowest BCUT2D eigenvalue weighted by molar-refractivity contribution is -0.130. The average molecular weight is 618 g/mol. The minimum atomic E-state index is -1.03. The van der Waals surface area contributed by atoms with Crippen LogP contribution in [0.15, 0.2) is 85.1 Å². The number of carbonyl (C=O) groups is 5. The number of nitrogens with one attached hydrogen (secondary N) is 4. The topological polar surface area (TPSA) is 169 Å². The Kier molecular flexibility index (Phi) is 13.8. The number of alkyl carbamates (subject to hydrolysis) is 1. The number of ketones is 1. The summed E-state index contributed by atoms with van der Waals surface area (Å²) in [5.41, 5.74) is 6.96. The van der Waals surface area contributed by atoms with Crippen molar-refractivity contribution in [3.8, 4) is 0 Å². The lowest BCUT2D eigenvalue weighted by Gasteiger charge is -2.25. The first kappa shape index (κ1) is 34.6. The van der Waals surface area contributed by atoms with Gasteiger partial charge in [0.1, 0.15) is 18.7 Å². The van der Waals surface area contributed by atoms with E-state index in [0.29, 0.717) is 13.0 Å². The Morgan fingerprint density at radius 3 is 2.16 bits per heavy atom. The summed E-state index contributed by atoms with van der Waals surface area (Å²) >= 11 is 0. The number of rotatable bonds is 17. The van der Waals surface area contributed by atoms with E-state index in [4.69, 9.17) is 10.5 Å². The van der Waals surface area contributed by atoms with E-state index in [1.165, 1.54) is 6.08 Å². The van der Waals surface area contributed by atoms with Gasteiger partial charge in [0.2, 0.25) is 17.7 Å². The highest BCUT2D eigenvalue weighted by Gasteiger charge is 2.29. The molecule has 2 aromatic carbocycles. The molecule has 1 aliphatic rings. The van der Waals surface area contributed by atoms with Gasteiger partial charge in [0.15, 0.2) is 5.78 Å². The summed E-state index contributed by atoms with van der Waals surface area (Å²) in [6.45, 7) is 4.36. The van der Waals surface area contributed by atoms with Crippen molar-refractivity contribution in [1.82, 2.24) is 21.3 Å². The van der Waals surface area contributed by atoms with E-state index in [1.807, 2.05) is 74.5 Å². The van der Waals surface area contributed by atoms with Crippen LogP contribution in [0.3, 0.4) is 0 Å². The van der Waals surface area contributed by atoms with Gasteiger partial charge < -0.3 is 31.7 Å². The normalized spacial score (nSPS) is 15.9. The molecule has 0 saturated heterocycles. The molecule has 11 heteroatoms. The maximum absolute atomic E-state index is 13.7. The summed E-state index contributed by atoms with van der Waals surface area (Å²) in [4.78, 5) is 64.0. The zero-order valence-corrected chi connectivity index (χ0v) is 25.7. The van der Waals surface area contributed by atoms with Gasteiger partial charge in [-0.15, -0.1) is 0 Å². The zero-order valence-electron chi connectivity index (χ0n) is 25.7. The van der Waals surface area contributed by atoms with Gasteiger partial charge in [-0.3, -0.25) is 19.2 Å². The SMILES string of the molecule is CC(C)C[C@H](NC(=O)OCc1ccccc1)C(=O)N[C@@H](Cc1ccccc1)C(=O)N[C@H](/C=C/C(=O)C1C=CNC1)CCC(N)=O. The molecule has 3 rings (SSSR count). The Morgan fingerprint density at radius 2 is 1.56 bits per heavy atom. The van der Waals surface area contributed by atoms with E-state index in [0.717, 1.165) is 11.1 Å². The second kappa shape index (κ2) is 18.0. The molecule has 0 bridgehead atoms. The van der Waals surface area contributed by atoms with E-state index >= 15 is 0 Å². The van der Waals surface area contributed by atoms with Crippen LogP contribution in [0.25, 0.3) is 0 Å². The lowest BCUT2D eigenvalue weighted by atomic mass is 10.0. The smallest absolute Gasteiger partial charge is 0.408 e. The molecule has 4 atom stereocenters. The fourth-order valence-corrected chi connectivity index (χ4v) is 4.72. The Balaban J connectivity index is 1.74. The molecule has 240 valence electrons. The molecule has 11 nitrogen and oxygen atoms in total. The van der Waals surface area contributed by atoms with E-state index in [1.54, 1.807) is 18.4 Å². The van der Waals surface area contributed by atoms with Crippen LogP contribution in [-0.2, 0) is 36.9 Å². The fraction of sp³-hybridized carbons (Fsp3) is 0.382. The summed E-state index contributed by atoms with van der Waals surface area (Å²) in [7, 11) is 0. The highest BCUT2D eigenvalue weighted by Crippen LogP contribution is 2.11. The second-order valence-corrected chi connectivity index (χ2v) is 11.4. The van der Waals surface area contributed by atoms with Gasteiger partial charge in [0, 0.05) is 25.4 Å². The van der Waals surface area contributed by atoms with Crippen LogP contribution in [0.1, 0.15) is 44.2 Å². The summed E-state index contributed by atoms with van der Waals surface area (Å²) in [6, 6.07) is 15.7. The third-order valence-electron chi connectivity index (χ3n) is 7.12. The van der Waals surface area contributed by atoms with Crippen molar-refractivity contribution in [1.29, 1.82) is 0 Å². The van der Waals surface area contributed by atoms with Gasteiger partial charge in [-0.1, -0.05) is 86.7 Å². The fourth-order valence-electron chi connectivity index (χ4n) is 4.72. The number of hydrogen-bond acceptors (Lipinski definition) is 7. The molecular formula is C34H43N5O6. The minimum absolute atomic E-state index is 0.0183. The monoisotopic (exact) mass is 617 g/mol.